The van der Waals surface area contributed by atoms with Crippen LogP contribution < -0.4 is 35.1 Å². The van der Waals surface area contributed by atoms with Crippen molar-refractivity contribution in [2.24, 2.45) is 23.7 Å². The maximum atomic E-state index is 13.9. The molecule has 0 radical (unpaired) electrons. The highest BCUT2D eigenvalue weighted by Crippen LogP contribution is 2.56. The maximum Gasteiger partial charge on any atom is 0.380 e. The van der Waals surface area contributed by atoms with Gasteiger partial charge in [-0.25, -0.2) is 28.0 Å². The smallest absolute Gasteiger partial charge is 0.380 e. The Morgan fingerprint density at radius 1 is 0.404 bits per heavy atom. The fourth-order valence-electron chi connectivity index (χ4n) is 13.4. The zero-order valence-electron chi connectivity index (χ0n) is 91.0. The monoisotopic (exact) mass is 2220 g/mol. The highest BCUT2D eigenvalue weighted by Gasteiger charge is 2.56. The normalized spacial score (nSPS) is 26.1. The van der Waals surface area contributed by atoms with Gasteiger partial charge in [0.2, 0.25) is 4.77 Å². The second-order valence-corrected chi connectivity index (χ2v) is 44.1. The zero-order valence-corrected chi connectivity index (χ0v) is 90.7. The lowest BCUT2D eigenvalue weighted by Crippen LogP contribution is -2.44. The van der Waals surface area contributed by atoms with Gasteiger partial charge in [0.15, 0.2) is 34.5 Å². The molecule has 0 spiro atoms. The first kappa shape index (κ1) is 111. The van der Waals surface area contributed by atoms with E-state index in [1.165, 1.54) is 142 Å². The molecule has 24 atom stereocenters. The van der Waals surface area contributed by atoms with Gasteiger partial charge in [-0.2, -0.15) is 0 Å². The summed E-state index contributed by atoms with van der Waals surface area (Å²) in [6.07, 6.45) is -22.6. The second kappa shape index (κ2) is 56.8. The summed E-state index contributed by atoms with van der Waals surface area (Å²) < 4.78 is 215. The molecule has 4 aliphatic heterocycles. The van der Waals surface area contributed by atoms with E-state index in [-0.39, 0.29) is 47.8 Å². The number of nitrogen functional groups attached to an aromatic ring is 1. The van der Waals surface area contributed by atoms with Crippen molar-refractivity contribution in [3.05, 3.63) is 215 Å². The first-order valence-corrected chi connectivity index (χ1v) is 54.9. The summed E-state index contributed by atoms with van der Waals surface area (Å²) in [6, 6.07) is 36.8. The number of carbonyl (C=O) groups is 4. The summed E-state index contributed by atoms with van der Waals surface area (Å²) in [5.41, 5.74) is 0.169. The van der Waals surface area contributed by atoms with Crippen LogP contribution in [0.2, 0.25) is 0 Å². The van der Waals surface area contributed by atoms with Gasteiger partial charge in [0, 0.05) is 30.9 Å². The van der Waals surface area contributed by atoms with Gasteiger partial charge in [-0.15, -0.1) is 0 Å². The molecule has 808 valence electrons. The Morgan fingerprint density at radius 2 is 0.678 bits per heavy atom. The van der Waals surface area contributed by atoms with Crippen molar-refractivity contribution in [1.82, 2.24) is 38.2 Å². The van der Waals surface area contributed by atoms with Crippen LogP contribution in [0, 0.1) is 47.3 Å². The van der Waals surface area contributed by atoms with Crippen LogP contribution in [0.25, 0.3) is 0 Å². The van der Waals surface area contributed by atoms with Crippen molar-refractivity contribution >= 4 is 121 Å². The third-order valence-corrected chi connectivity index (χ3v) is 29.3. The summed E-state index contributed by atoms with van der Waals surface area (Å²) in [4.78, 5) is 84.7. The van der Waals surface area contributed by atoms with E-state index in [2.05, 4.69) is 19.9 Å². The third kappa shape index (κ3) is 36.2. The molecular formula is C94H133N9O34P4S5. The number of aliphatic hydroxyl groups is 8. The molecule has 4 aromatic carbocycles. The third-order valence-electron chi connectivity index (χ3n) is 20.4. The first-order valence-electron chi connectivity index (χ1n) is 50.0. The average Bonchev–Trinajstić information content (AvgIpc) is 1.45. The summed E-state index contributed by atoms with van der Waals surface area (Å²) in [7, 11) is -17.8. The number of rotatable bonds is 40. The molecule has 0 aliphatic carbocycles. The lowest BCUT2D eigenvalue weighted by Gasteiger charge is -2.28. The molecule has 52 heteroatoms. The van der Waals surface area contributed by atoms with E-state index in [4.69, 9.17) is 152 Å². The van der Waals surface area contributed by atoms with Crippen molar-refractivity contribution in [1.29, 1.82) is 0 Å². The van der Waals surface area contributed by atoms with Gasteiger partial charge in [0.25, 0.3) is 5.56 Å². The number of aromatic nitrogens is 8. The lowest BCUT2D eigenvalue weighted by molar-refractivity contribution is -0.152. The van der Waals surface area contributed by atoms with Crippen molar-refractivity contribution in [2.45, 2.75) is 246 Å². The number of nitrogens with two attached hydrogens (primary N) is 1. The van der Waals surface area contributed by atoms with Gasteiger partial charge in [0.1, 0.15) is 110 Å². The molecule has 12 rings (SSSR count). The van der Waals surface area contributed by atoms with Crippen LogP contribution in [0.1, 0.15) is 161 Å². The van der Waals surface area contributed by atoms with Gasteiger partial charge in [-0.05, 0) is 173 Å². The second-order valence-electron chi connectivity index (χ2n) is 34.3. The van der Waals surface area contributed by atoms with E-state index in [1.54, 1.807) is 128 Å². The maximum absolute atomic E-state index is 13.9. The predicted octanol–water partition coefficient (Wildman–Crippen LogP) is 14.1. The minimum Gasteiger partial charge on any atom is -0.463 e. The fraction of sp³-hybridized carbons (Fsp3) is 0.532. The number of aliphatic hydroxyl groups excluding tert-OH is 6. The standard InChI is InChI=1S/C23H31N2O9PS.C23H31N2O8PS2.C22H30N3O8PS.C22H29N2O9PS.2C2H6/c1-14(2)32-20(28)15(3)13-35(30,34-16-8-6-5-7-9-16)31-12-17-19(27)23(4,29)21(33-17)25-11-10-18(26)24-22(25)36;1-14(2)31-20(27)15(3)13-34(29,33-16-8-6-5-7-9-16)30-12-17-19(26)23(4,28)21(32-17)25-11-10-18(35)24-22(25)36;1-13(2)31-21(28)14(3)12-34(29,33-15-7-5-4-6-8-15)30-11-16-18(26)19(27)20(32-16)25-10-9-17(23)24-22(25)35;1-13(2)31-21(27)14(3)12-34(29,33-15-7-5-4-6-8-15)30-11-16-18(25)19(26)20(32-16)24-10-9-17(35)23-22(24)28;2*1-2/h5-11,14-15,17,19,21,27,29H,12-13H2,1-4H3,(H,24,26,36);5-11,14-15,17,19,21,26,28H,12-13H2,1-4H3,(H,24,35,36);4-10,13-14,16,18-20,26-27H,11-12H2,1-3H3,(H2,23,24,35);4-10,13-14,16,18-20,25-26H,11-12H2,1-3H3,(H,23,28,35);2*1-2H3/t15-,17-,19+,21-,23?,35?;15-,17-,19+,21-,23?,34?;2*14-,16-,18+,19?,20-,34?;;/m1111../s1/i2*12D2;2*11D2;;. The summed E-state index contributed by atoms with van der Waals surface area (Å²) >= 11 is 25.4. The largest absolute Gasteiger partial charge is 0.463 e. The number of benzene rings is 4. The number of nitrogens with zero attached hydrogens (tertiary/aromatic N) is 5. The Bertz CT molecular complexity index is 6420. The quantitative estimate of drug-likeness (QED) is 0.00734. The number of hydrogen-bond donors (Lipinski definition) is 12. The van der Waals surface area contributed by atoms with Gasteiger partial charge in [0.05, 0.1) is 110 Å². The fourth-order valence-corrected chi connectivity index (χ4v) is 21.5. The zero-order chi connectivity index (χ0) is 116. The molecule has 4 saturated heterocycles. The number of H-pyrrole nitrogens is 3. The molecule has 4 fully saturated rings. The van der Waals surface area contributed by atoms with Gasteiger partial charge < -0.3 is 108 Å². The van der Waals surface area contributed by atoms with Crippen LogP contribution in [-0.2, 0) is 93.4 Å². The van der Waals surface area contributed by atoms with Crippen molar-refractivity contribution in [3.8, 4) is 23.0 Å². The highest BCUT2D eigenvalue weighted by atomic mass is 32.1. The Hall–Kier alpha value is -8.94. The van der Waals surface area contributed by atoms with Crippen molar-refractivity contribution < 1.29 is 163 Å². The van der Waals surface area contributed by atoms with E-state index >= 15 is 0 Å². The minimum absolute atomic E-state index is 0.0627. The number of nitrogens with one attached hydrogen (secondary N) is 3. The molecule has 8 aromatic rings. The number of ether oxygens (including phenoxy) is 8. The van der Waals surface area contributed by atoms with E-state index < -0.39 is 262 Å². The van der Waals surface area contributed by atoms with E-state index in [9.17, 15) is 87.9 Å². The number of esters is 4. The predicted molar refractivity (Wildman–Crippen MR) is 549 cm³/mol. The Morgan fingerprint density at radius 3 is 0.966 bits per heavy atom. The topological polar surface area (TPSA) is 586 Å². The Balaban J connectivity index is 0.000000274. The van der Waals surface area contributed by atoms with Crippen LogP contribution in [0.4, 0.5) is 5.82 Å². The van der Waals surface area contributed by atoms with Gasteiger partial charge >= 0.3 is 60.0 Å². The highest BCUT2D eigenvalue weighted by molar-refractivity contribution is 7.72. The number of anilines is 1. The molecule has 146 heavy (non-hydrogen) atoms. The molecule has 0 amide bonds. The van der Waals surface area contributed by atoms with E-state index in [0.717, 1.165) is 15.2 Å². The molecule has 4 aromatic heterocycles. The average molecular weight is 2230 g/mol. The number of para-hydroxylation sites is 4. The Labute approximate surface area is 882 Å². The van der Waals surface area contributed by atoms with Crippen molar-refractivity contribution in [3.63, 3.8) is 0 Å². The molecule has 43 nitrogen and oxygen atoms in total. The van der Waals surface area contributed by atoms with Gasteiger partial charge in [-0.3, -0.25) is 70.3 Å². The summed E-state index contributed by atoms with van der Waals surface area (Å²) in [5.74, 6) is -6.19. The molecular weight excluding hydrogens is 2080 g/mol. The Kier molecular flexibility index (Phi) is 43.2. The molecule has 13 N–H and O–H groups in total. The van der Waals surface area contributed by atoms with Gasteiger partial charge in [-0.1, -0.05) is 153 Å². The number of aromatic amines is 3. The summed E-state index contributed by atoms with van der Waals surface area (Å²) in [6.45, 7) is 17.5. The number of hydrogen-bond acceptors (Lipinski definition) is 41. The minimum atomic E-state index is -4.47. The van der Waals surface area contributed by atoms with Crippen LogP contribution in [-0.4, -0.2) is 250 Å². The SMILES string of the molecule is CC.CC.[2H]C([2H])(OP(=O)(C[C@@H](C)C(=O)OC(C)C)Oc1ccccc1)[C@H]1O[C@@H](n2ccc(=O)[nH]c2=S)C(C)(O)[C@H]1O.[2H]C([2H])(OP(=O)(C[C@@H](C)C(=O)OC(C)C)Oc1ccccc1)[C@H]1O[C@@H](n2ccc(=S)[nH]c2=O)C(O)[C@H]1O.[2H]C([2H])(OP(=O)(C[C@@H](C)C(=O)OC(C)C)Oc1ccccc1)[C@H]1O[C@@H](n2ccc(=S)[nH]c2=S)C(C)(O)[C@H]1O.[2H]C([2H])(OP(=O)(C[C@@H](C)C(=O)OC(C)C)Oc1ccccc1)[C@H]1O[C@@H](n2ccc(N)nc2=S)C(O)[C@H]1O. The van der Waals surface area contributed by atoms with Crippen LogP contribution in [0.3, 0.4) is 0 Å². The molecule has 8 unspecified atom stereocenters. The molecule has 4 aliphatic rings. The van der Waals surface area contributed by atoms with Crippen molar-refractivity contribution in [2.75, 3.05) is 56.6 Å². The molecule has 0 saturated carbocycles. The van der Waals surface area contributed by atoms with Crippen LogP contribution in [0.5, 0.6) is 23.0 Å². The molecule has 8 heterocycles. The first-order chi connectivity index (χ1) is 71.5. The summed E-state index contributed by atoms with van der Waals surface area (Å²) in [5, 5.41) is 86.2. The van der Waals surface area contributed by atoms with Crippen LogP contribution >= 0.6 is 91.5 Å². The molecule has 0 bridgehead atoms. The van der Waals surface area contributed by atoms with Crippen LogP contribution in [0.15, 0.2) is 180 Å². The number of carbonyl (C=O) groups excluding carboxylic acids is 4. The van der Waals surface area contributed by atoms with E-state index in [1.807, 2.05) is 27.7 Å². The lowest BCUT2D eigenvalue weighted by atomic mass is 9.96. The van der Waals surface area contributed by atoms with E-state index in [0.29, 0.717) is 4.64 Å².